The fourth-order valence-corrected chi connectivity index (χ4v) is 3.56. The van der Waals surface area contributed by atoms with Gasteiger partial charge in [-0.15, -0.1) is 0 Å². The SMILES string of the molecule is Cc1cccc(OC(C)C(=O)Nc2ccc(S(=O)(=O)NCc3ccco3)cc2)c1. The van der Waals surface area contributed by atoms with Crippen LogP contribution in [-0.4, -0.2) is 20.4 Å². The van der Waals surface area contributed by atoms with Gasteiger partial charge in [0.2, 0.25) is 10.0 Å². The number of nitrogens with one attached hydrogen (secondary N) is 2. The monoisotopic (exact) mass is 414 g/mol. The van der Waals surface area contributed by atoms with Gasteiger partial charge in [0.05, 0.1) is 17.7 Å². The Morgan fingerprint density at radius 2 is 1.86 bits per heavy atom. The first-order valence-corrected chi connectivity index (χ1v) is 10.5. The Morgan fingerprint density at radius 1 is 1.10 bits per heavy atom. The van der Waals surface area contributed by atoms with Crippen LogP contribution in [0.15, 0.2) is 76.2 Å². The zero-order valence-electron chi connectivity index (χ0n) is 16.1. The number of rotatable bonds is 8. The summed E-state index contributed by atoms with van der Waals surface area (Å²) in [5.41, 5.74) is 1.51. The second-order valence-electron chi connectivity index (χ2n) is 6.49. The smallest absolute Gasteiger partial charge is 0.265 e. The molecule has 0 aliphatic heterocycles. The average Bonchev–Trinajstić information content (AvgIpc) is 3.21. The van der Waals surface area contributed by atoms with Crippen LogP contribution in [0.4, 0.5) is 5.69 Å². The van der Waals surface area contributed by atoms with Crippen molar-refractivity contribution in [2.75, 3.05) is 5.32 Å². The lowest BCUT2D eigenvalue weighted by atomic mass is 10.2. The van der Waals surface area contributed by atoms with Crippen LogP contribution >= 0.6 is 0 Å². The molecule has 0 radical (unpaired) electrons. The van der Waals surface area contributed by atoms with Crippen molar-refractivity contribution in [2.24, 2.45) is 0 Å². The highest BCUT2D eigenvalue weighted by Gasteiger charge is 2.17. The van der Waals surface area contributed by atoms with E-state index in [0.717, 1.165) is 5.56 Å². The number of aryl methyl sites for hydroxylation is 1. The molecule has 8 heteroatoms. The Hall–Kier alpha value is -3.10. The predicted molar refractivity (Wildman–Crippen MR) is 109 cm³/mol. The van der Waals surface area contributed by atoms with E-state index in [2.05, 4.69) is 10.0 Å². The fraction of sp³-hybridized carbons (Fsp3) is 0.190. The minimum atomic E-state index is -3.69. The summed E-state index contributed by atoms with van der Waals surface area (Å²) in [5.74, 6) is 0.787. The molecule has 1 heterocycles. The van der Waals surface area contributed by atoms with E-state index in [1.54, 1.807) is 25.1 Å². The quantitative estimate of drug-likeness (QED) is 0.588. The third-order valence-electron chi connectivity index (χ3n) is 4.12. The maximum Gasteiger partial charge on any atom is 0.265 e. The lowest BCUT2D eigenvalue weighted by molar-refractivity contribution is -0.122. The van der Waals surface area contributed by atoms with Gasteiger partial charge < -0.3 is 14.5 Å². The van der Waals surface area contributed by atoms with Crippen molar-refractivity contribution in [3.63, 3.8) is 0 Å². The summed E-state index contributed by atoms with van der Waals surface area (Å²) in [6.07, 6.45) is 0.764. The van der Waals surface area contributed by atoms with Crippen molar-refractivity contribution < 1.29 is 22.4 Å². The van der Waals surface area contributed by atoms with Crippen molar-refractivity contribution in [3.8, 4) is 5.75 Å². The molecular formula is C21H22N2O5S. The van der Waals surface area contributed by atoms with Crippen LogP contribution in [0.2, 0.25) is 0 Å². The Bertz CT molecular complexity index is 1060. The largest absolute Gasteiger partial charge is 0.481 e. The van der Waals surface area contributed by atoms with Gasteiger partial charge in [0.25, 0.3) is 5.91 Å². The Morgan fingerprint density at radius 3 is 2.52 bits per heavy atom. The third-order valence-corrected chi connectivity index (χ3v) is 5.54. The van der Waals surface area contributed by atoms with Gasteiger partial charge in [-0.3, -0.25) is 4.79 Å². The van der Waals surface area contributed by atoms with Gasteiger partial charge in [-0.1, -0.05) is 12.1 Å². The molecule has 0 bridgehead atoms. The van der Waals surface area contributed by atoms with Gasteiger partial charge in [-0.05, 0) is 67.9 Å². The van der Waals surface area contributed by atoms with Gasteiger partial charge in [0, 0.05) is 5.69 Å². The normalized spacial score (nSPS) is 12.3. The summed E-state index contributed by atoms with van der Waals surface area (Å²) in [6.45, 7) is 3.65. The minimum absolute atomic E-state index is 0.0572. The molecule has 2 aromatic carbocycles. The Balaban J connectivity index is 1.58. The van der Waals surface area contributed by atoms with Crippen molar-refractivity contribution in [2.45, 2.75) is 31.4 Å². The van der Waals surface area contributed by atoms with E-state index in [1.165, 1.54) is 30.5 Å². The minimum Gasteiger partial charge on any atom is -0.481 e. The van der Waals surface area contributed by atoms with E-state index in [4.69, 9.17) is 9.15 Å². The van der Waals surface area contributed by atoms with Crippen LogP contribution in [0.5, 0.6) is 5.75 Å². The van der Waals surface area contributed by atoms with E-state index in [9.17, 15) is 13.2 Å². The summed E-state index contributed by atoms with van der Waals surface area (Å²) in [6, 6.07) is 16.7. The van der Waals surface area contributed by atoms with Gasteiger partial charge in [-0.2, -0.15) is 0 Å². The van der Waals surface area contributed by atoms with Crippen molar-refractivity contribution >= 4 is 21.6 Å². The maximum absolute atomic E-state index is 12.3. The lowest BCUT2D eigenvalue weighted by Crippen LogP contribution is -2.30. The molecule has 1 amide bonds. The number of amides is 1. The van der Waals surface area contributed by atoms with Crippen molar-refractivity contribution in [1.29, 1.82) is 0 Å². The molecule has 2 N–H and O–H groups in total. The second kappa shape index (κ2) is 8.93. The molecule has 3 rings (SSSR count). The van der Waals surface area contributed by atoms with Gasteiger partial charge in [0.15, 0.2) is 6.10 Å². The van der Waals surface area contributed by atoms with E-state index in [-0.39, 0.29) is 17.3 Å². The van der Waals surface area contributed by atoms with E-state index in [1.807, 2.05) is 25.1 Å². The van der Waals surface area contributed by atoms with Gasteiger partial charge in [0.1, 0.15) is 11.5 Å². The number of benzene rings is 2. The molecule has 0 saturated heterocycles. The van der Waals surface area contributed by atoms with Crippen LogP contribution < -0.4 is 14.8 Å². The summed E-state index contributed by atoms with van der Waals surface area (Å²) in [7, 11) is -3.69. The fourth-order valence-electron chi connectivity index (χ4n) is 2.57. The van der Waals surface area contributed by atoms with Gasteiger partial charge >= 0.3 is 0 Å². The molecular weight excluding hydrogens is 392 g/mol. The number of carbonyl (C=O) groups excluding carboxylic acids is 1. The van der Waals surface area contributed by atoms with Crippen LogP contribution in [0.25, 0.3) is 0 Å². The molecule has 29 heavy (non-hydrogen) atoms. The van der Waals surface area contributed by atoms with E-state index < -0.39 is 16.1 Å². The standard InChI is InChI=1S/C21H22N2O5S/c1-15-5-3-6-18(13-15)28-16(2)21(24)23-17-8-10-20(11-9-17)29(25,26)22-14-19-7-4-12-27-19/h3-13,16,22H,14H2,1-2H3,(H,23,24). The Labute approximate surface area is 169 Å². The van der Waals surface area contributed by atoms with E-state index in [0.29, 0.717) is 17.2 Å². The number of hydrogen-bond donors (Lipinski definition) is 2. The molecule has 1 atom stereocenters. The number of anilines is 1. The molecule has 1 unspecified atom stereocenters. The molecule has 0 saturated carbocycles. The zero-order chi connectivity index (χ0) is 20.9. The summed E-state index contributed by atoms with van der Waals surface area (Å²) >= 11 is 0. The third kappa shape index (κ3) is 5.69. The average molecular weight is 414 g/mol. The number of hydrogen-bond acceptors (Lipinski definition) is 5. The number of ether oxygens (including phenoxy) is 1. The summed E-state index contributed by atoms with van der Waals surface area (Å²) in [4.78, 5) is 12.4. The molecule has 0 fully saturated rings. The maximum atomic E-state index is 12.3. The lowest BCUT2D eigenvalue weighted by Gasteiger charge is -2.15. The second-order valence-corrected chi connectivity index (χ2v) is 8.26. The molecule has 7 nitrogen and oxygen atoms in total. The van der Waals surface area contributed by atoms with Gasteiger partial charge in [-0.25, -0.2) is 13.1 Å². The molecule has 0 spiro atoms. The first kappa shape index (κ1) is 20.6. The number of furan rings is 1. The Kier molecular flexibility index (Phi) is 6.36. The molecule has 0 aliphatic carbocycles. The predicted octanol–water partition coefficient (Wildman–Crippen LogP) is 3.47. The topological polar surface area (TPSA) is 97.6 Å². The zero-order valence-corrected chi connectivity index (χ0v) is 16.9. The molecule has 0 aliphatic rings. The highest BCUT2D eigenvalue weighted by Crippen LogP contribution is 2.17. The van der Waals surface area contributed by atoms with Crippen LogP contribution in [-0.2, 0) is 21.4 Å². The molecule has 1 aromatic heterocycles. The molecule has 152 valence electrons. The van der Waals surface area contributed by atoms with Crippen molar-refractivity contribution in [1.82, 2.24) is 4.72 Å². The molecule has 3 aromatic rings. The number of carbonyl (C=O) groups is 1. The first-order chi connectivity index (χ1) is 13.8. The van der Waals surface area contributed by atoms with Crippen molar-refractivity contribution in [3.05, 3.63) is 78.3 Å². The summed E-state index contributed by atoms with van der Waals surface area (Å²) in [5, 5.41) is 2.72. The highest BCUT2D eigenvalue weighted by molar-refractivity contribution is 7.89. The number of sulfonamides is 1. The van der Waals surface area contributed by atoms with E-state index >= 15 is 0 Å². The first-order valence-electron chi connectivity index (χ1n) is 9.00. The highest BCUT2D eigenvalue weighted by atomic mass is 32.2. The van der Waals surface area contributed by atoms with Crippen LogP contribution in [0, 0.1) is 6.92 Å². The summed E-state index contributed by atoms with van der Waals surface area (Å²) < 4.78 is 37.9. The van der Waals surface area contributed by atoms with Crippen LogP contribution in [0.1, 0.15) is 18.2 Å². The van der Waals surface area contributed by atoms with Crippen LogP contribution in [0.3, 0.4) is 0 Å².